The number of amides is 4. The first-order chi connectivity index (χ1) is 24.1. The summed E-state index contributed by atoms with van der Waals surface area (Å²) in [5.41, 5.74) is 2.32. The molecule has 1 heterocycles. The van der Waals surface area contributed by atoms with Gasteiger partial charge in [-0.1, -0.05) is 66.7 Å². The number of nitriles is 1. The van der Waals surface area contributed by atoms with Gasteiger partial charge in [-0.2, -0.15) is 5.26 Å². The van der Waals surface area contributed by atoms with E-state index in [2.05, 4.69) is 28.8 Å². The quantitative estimate of drug-likeness (QED) is 0.195. The van der Waals surface area contributed by atoms with Crippen molar-refractivity contribution in [1.29, 1.82) is 5.26 Å². The summed E-state index contributed by atoms with van der Waals surface area (Å²) in [6, 6.07) is 25.4. The Morgan fingerprint density at radius 1 is 0.900 bits per heavy atom. The van der Waals surface area contributed by atoms with Gasteiger partial charge in [-0.3, -0.25) is 19.2 Å². The standard InChI is InChI=1S/C39H40FN5O5/c1-26(46)42-35(22-28-11-16-34(47)17-12-28)38(49)43-36(23-27-9-14-32(40)15-10-27)39(50)45-25-37(48)44(24-33(45)7-4-19-41)20-18-29-8-13-30-5-2-3-6-31(30)21-29/h2-3,5-6,8-17,21,33,35-36,47H,4,7,18,20,22-25H2,1H3,(H,42,46)(H,43,49). The zero-order valence-electron chi connectivity index (χ0n) is 27.8. The zero-order valence-corrected chi connectivity index (χ0v) is 27.8. The Bertz CT molecular complexity index is 1870. The van der Waals surface area contributed by atoms with Crippen LogP contribution in [0.5, 0.6) is 5.75 Å². The molecule has 5 rings (SSSR count). The lowest BCUT2D eigenvalue weighted by Gasteiger charge is -2.42. The zero-order chi connectivity index (χ0) is 35.6. The normalized spacial score (nSPS) is 15.6. The number of phenolic OH excluding ortho intramolecular Hbond substituents is 1. The van der Waals surface area contributed by atoms with E-state index in [9.17, 15) is 33.9 Å². The number of phenols is 1. The lowest BCUT2D eigenvalue weighted by atomic mass is 9.99. The Kier molecular flexibility index (Phi) is 11.8. The molecule has 10 nitrogen and oxygen atoms in total. The largest absolute Gasteiger partial charge is 0.508 e. The van der Waals surface area contributed by atoms with Crippen molar-refractivity contribution in [3.8, 4) is 11.8 Å². The number of carbonyl (C=O) groups excluding carboxylic acids is 4. The lowest BCUT2D eigenvalue weighted by molar-refractivity contribution is -0.151. The number of hydrogen-bond donors (Lipinski definition) is 3. The Morgan fingerprint density at radius 3 is 2.22 bits per heavy atom. The van der Waals surface area contributed by atoms with Gasteiger partial charge in [0.1, 0.15) is 30.2 Å². The molecule has 3 unspecified atom stereocenters. The second-order valence-electron chi connectivity index (χ2n) is 12.6. The van der Waals surface area contributed by atoms with E-state index in [1.165, 1.54) is 48.2 Å². The molecular weight excluding hydrogens is 637 g/mol. The molecule has 0 aliphatic carbocycles. The van der Waals surface area contributed by atoms with Crippen LogP contribution in [0.1, 0.15) is 36.5 Å². The van der Waals surface area contributed by atoms with Gasteiger partial charge in [0, 0.05) is 39.3 Å². The van der Waals surface area contributed by atoms with Crippen LogP contribution in [0.25, 0.3) is 10.8 Å². The molecule has 0 aromatic heterocycles. The van der Waals surface area contributed by atoms with Gasteiger partial charge in [0.05, 0.1) is 12.1 Å². The van der Waals surface area contributed by atoms with Crippen LogP contribution in [-0.4, -0.2) is 76.3 Å². The maximum atomic E-state index is 14.3. The summed E-state index contributed by atoms with van der Waals surface area (Å²) in [5, 5.41) is 26.8. The minimum atomic E-state index is -1.16. The van der Waals surface area contributed by atoms with Crippen molar-refractivity contribution in [2.24, 2.45) is 0 Å². The molecule has 11 heteroatoms. The number of benzene rings is 4. The van der Waals surface area contributed by atoms with E-state index in [1.54, 1.807) is 17.0 Å². The van der Waals surface area contributed by atoms with E-state index >= 15 is 0 Å². The van der Waals surface area contributed by atoms with Gasteiger partial charge in [-0.25, -0.2) is 4.39 Å². The van der Waals surface area contributed by atoms with E-state index in [-0.39, 0.29) is 44.0 Å². The van der Waals surface area contributed by atoms with Crippen LogP contribution in [0.4, 0.5) is 4.39 Å². The third kappa shape index (κ3) is 9.44. The monoisotopic (exact) mass is 677 g/mol. The van der Waals surface area contributed by atoms with Gasteiger partial charge in [0.15, 0.2) is 0 Å². The summed E-state index contributed by atoms with van der Waals surface area (Å²) < 4.78 is 13.8. The molecule has 1 aliphatic rings. The van der Waals surface area contributed by atoms with Crippen LogP contribution in [0.15, 0.2) is 91.0 Å². The smallest absolute Gasteiger partial charge is 0.246 e. The Hall–Kier alpha value is -5.76. The van der Waals surface area contributed by atoms with Gasteiger partial charge in [-0.15, -0.1) is 0 Å². The minimum absolute atomic E-state index is 0.00179. The number of nitrogens with one attached hydrogen (secondary N) is 2. The van der Waals surface area contributed by atoms with E-state index < -0.39 is 41.7 Å². The van der Waals surface area contributed by atoms with Crippen LogP contribution in [0, 0.1) is 17.1 Å². The molecule has 0 radical (unpaired) electrons. The number of rotatable bonds is 13. The molecule has 0 spiro atoms. The summed E-state index contributed by atoms with van der Waals surface area (Å²) in [6.07, 6.45) is 1.19. The fraction of sp³-hybridized carbons (Fsp3) is 0.308. The Balaban J connectivity index is 1.35. The van der Waals surface area contributed by atoms with Crippen molar-refractivity contribution < 1.29 is 28.7 Å². The molecule has 3 atom stereocenters. The van der Waals surface area contributed by atoms with Crippen molar-refractivity contribution in [1.82, 2.24) is 20.4 Å². The molecule has 258 valence electrons. The minimum Gasteiger partial charge on any atom is -0.508 e. The maximum absolute atomic E-state index is 14.3. The molecule has 3 N–H and O–H groups in total. The Labute approximate surface area is 290 Å². The van der Waals surface area contributed by atoms with E-state index in [1.807, 2.05) is 30.3 Å². The first-order valence-corrected chi connectivity index (χ1v) is 16.6. The highest BCUT2D eigenvalue weighted by atomic mass is 19.1. The van der Waals surface area contributed by atoms with E-state index in [0.717, 1.165) is 16.3 Å². The predicted molar refractivity (Wildman–Crippen MR) is 186 cm³/mol. The lowest BCUT2D eigenvalue weighted by Crippen LogP contribution is -2.63. The molecule has 1 saturated heterocycles. The van der Waals surface area contributed by atoms with Crippen molar-refractivity contribution in [2.45, 2.75) is 57.2 Å². The fourth-order valence-corrected chi connectivity index (χ4v) is 6.29. The van der Waals surface area contributed by atoms with Crippen LogP contribution >= 0.6 is 0 Å². The Morgan fingerprint density at radius 2 is 1.54 bits per heavy atom. The number of carbonyl (C=O) groups is 4. The first-order valence-electron chi connectivity index (χ1n) is 16.6. The van der Waals surface area contributed by atoms with Gasteiger partial charge in [0.25, 0.3) is 0 Å². The van der Waals surface area contributed by atoms with Crippen LogP contribution < -0.4 is 10.6 Å². The average molecular weight is 678 g/mol. The van der Waals surface area contributed by atoms with Crippen LogP contribution in [0.2, 0.25) is 0 Å². The molecular formula is C39H40FN5O5. The van der Waals surface area contributed by atoms with E-state index in [0.29, 0.717) is 30.5 Å². The molecule has 0 saturated carbocycles. The highest BCUT2D eigenvalue weighted by Gasteiger charge is 2.38. The first kappa shape index (κ1) is 35.5. The number of fused-ring (bicyclic) bond motifs is 1. The summed E-state index contributed by atoms with van der Waals surface area (Å²) in [7, 11) is 0. The molecule has 4 amide bonds. The second kappa shape index (κ2) is 16.6. The fourth-order valence-electron chi connectivity index (χ4n) is 6.29. The van der Waals surface area contributed by atoms with Crippen molar-refractivity contribution in [3.05, 3.63) is 114 Å². The number of nitrogens with zero attached hydrogens (tertiary/aromatic N) is 3. The average Bonchev–Trinajstić information content (AvgIpc) is 3.11. The third-order valence-corrected chi connectivity index (χ3v) is 8.92. The van der Waals surface area contributed by atoms with Gasteiger partial charge in [-0.05, 0) is 64.6 Å². The summed E-state index contributed by atoms with van der Waals surface area (Å²) in [6.45, 7) is 1.72. The molecule has 1 aliphatic heterocycles. The van der Waals surface area contributed by atoms with Crippen LogP contribution in [0.3, 0.4) is 0 Å². The maximum Gasteiger partial charge on any atom is 0.246 e. The number of halogens is 1. The number of hydrogen-bond acceptors (Lipinski definition) is 6. The molecule has 0 bridgehead atoms. The topological polar surface area (TPSA) is 143 Å². The summed E-state index contributed by atoms with van der Waals surface area (Å²) in [4.78, 5) is 56.9. The molecule has 4 aromatic carbocycles. The molecule has 50 heavy (non-hydrogen) atoms. The van der Waals surface area contributed by atoms with Gasteiger partial charge < -0.3 is 25.5 Å². The number of piperazine rings is 1. The highest BCUT2D eigenvalue weighted by Crippen LogP contribution is 2.21. The number of aromatic hydroxyl groups is 1. The predicted octanol–water partition coefficient (Wildman–Crippen LogP) is 4.05. The molecule has 1 fully saturated rings. The van der Waals surface area contributed by atoms with Gasteiger partial charge >= 0.3 is 0 Å². The van der Waals surface area contributed by atoms with Crippen molar-refractivity contribution in [3.63, 3.8) is 0 Å². The second-order valence-corrected chi connectivity index (χ2v) is 12.6. The van der Waals surface area contributed by atoms with Crippen molar-refractivity contribution in [2.75, 3.05) is 19.6 Å². The summed E-state index contributed by atoms with van der Waals surface area (Å²) in [5.74, 6) is -2.24. The van der Waals surface area contributed by atoms with E-state index in [4.69, 9.17) is 0 Å². The van der Waals surface area contributed by atoms with Crippen molar-refractivity contribution >= 4 is 34.4 Å². The van der Waals surface area contributed by atoms with Gasteiger partial charge in [0.2, 0.25) is 23.6 Å². The molecule has 4 aromatic rings. The summed E-state index contributed by atoms with van der Waals surface area (Å²) >= 11 is 0. The third-order valence-electron chi connectivity index (χ3n) is 8.92. The van der Waals surface area contributed by atoms with Crippen LogP contribution in [-0.2, 0) is 38.4 Å². The SMILES string of the molecule is CC(=O)NC(Cc1ccc(O)cc1)C(=O)NC(Cc1ccc(F)cc1)C(=O)N1CC(=O)N(CCc2ccc3ccccc3c2)CC1CCC#N. The highest BCUT2D eigenvalue weighted by molar-refractivity contribution is 5.94.